The van der Waals surface area contributed by atoms with Crippen LogP contribution in [-0.2, 0) is 0 Å². The van der Waals surface area contributed by atoms with Gasteiger partial charge in [0, 0.05) is 17.0 Å². The van der Waals surface area contributed by atoms with Crippen molar-refractivity contribution in [3.05, 3.63) is 33.9 Å². The molecule has 1 rings (SSSR count). The summed E-state index contributed by atoms with van der Waals surface area (Å²) in [6, 6.07) is 4.56. The number of hydrogen-bond donors (Lipinski definition) is 2. The van der Waals surface area contributed by atoms with E-state index in [1.54, 1.807) is 13.0 Å². The predicted octanol–water partition coefficient (Wildman–Crippen LogP) is 2.46. The van der Waals surface area contributed by atoms with Crippen LogP contribution in [0.1, 0.15) is 5.56 Å². The van der Waals surface area contributed by atoms with Crippen molar-refractivity contribution in [2.75, 3.05) is 0 Å². The first-order valence-corrected chi connectivity index (χ1v) is 3.85. The van der Waals surface area contributed by atoms with Gasteiger partial charge in [-0.1, -0.05) is 0 Å². The van der Waals surface area contributed by atoms with Crippen LogP contribution < -0.4 is 0 Å². The number of nitrogens with zero attached hydrogens (tertiary/aromatic N) is 1. The molecule has 0 atom stereocenters. The molecule has 0 radical (unpaired) electrons. The van der Waals surface area contributed by atoms with E-state index in [-0.39, 0.29) is 5.69 Å². The summed E-state index contributed by atoms with van der Waals surface area (Å²) in [5, 5.41) is 15.7. The second-order valence-corrected chi connectivity index (χ2v) is 2.71. The second-order valence-electron chi connectivity index (χ2n) is 2.23. The Bertz CT molecular complexity index is 315. The zero-order chi connectivity index (χ0) is 10.4. The number of non-ortho nitro benzene ring substituents is 1. The Morgan fingerprint density at radius 1 is 1.54 bits per heavy atom. The molecule has 0 aliphatic rings. The zero-order valence-electron chi connectivity index (χ0n) is 7.15. The van der Waals surface area contributed by atoms with Gasteiger partial charge < -0.3 is 5.41 Å². The predicted molar refractivity (Wildman–Crippen MR) is 54.9 cm³/mol. The lowest BCUT2D eigenvalue weighted by molar-refractivity contribution is -0.385. The fraction of sp³-hybridized carbons (Fsp3) is 0.125. The number of rotatable bonds is 1. The lowest BCUT2D eigenvalue weighted by Crippen LogP contribution is -1.88. The number of aryl methyl sites for hydroxylation is 1. The van der Waals surface area contributed by atoms with E-state index in [4.69, 9.17) is 5.41 Å². The van der Waals surface area contributed by atoms with E-state index < -0.39 is 4.92 Å². The zero-order valence-corrected chi connectivity index (χ0v) is 8.04. The molecular formula is C8H10N2O2S. The maximum absolute atomic E-state index is 10.2. The van der Waals surface area contributed by atoms with Gasteiger partial charge in [0.1, 0.15) is 0 Å². The van der Waals surface area contributed by atoms with Crippen LogP contribution in [0.25, 0.3) is 0 Å². The van der Waals surface area contributed by atoms with E-state index >= 15 is 0 Å². The van der Waals surface area contributed by atoms with Crippen LogP contribution in [-0.4, -0.2) is 11.6 Å². The minimum absolute atomic E-state index is 0.111. The maximum atomic E-state index is 10.2. The molecule has 70 valence electrons. The number of nitro benzene ring substituents is 1. The van der Waals surface area contributed by atoms with Gasteiger partial charge in [-0.25, -0.2) is 0 Å². The van der Waals surface area contributed by atoms with Crippen molar-refractivity contribution in [3.63, 3.8) is 0 Å². The molecule has 0 aliphatic carbocycles. The lowest BCUT2D eigenvalue weighted by Gasteiger charge is -1.96. The molecule has 13 heavy (non-hydrogen) atoms. The Balaban J connectivity index is 0.000000671. The van der Waals surface area contributed by atoms with Gasteiger partial charge in [0.05, 0.1) is 4.92 Å². The molecule has 0 bridgehead atoms. The molecule has 0 fully saturated rings. The van der Waals surface area contributed by atoms with Gasteiger partial charge >= 0.3 is 0 Å². The summed E-state index contributed by atoms with van der Waals surface area (Å²) in [7, 11) is 0. The van der Waals surface area contributed by atoms with E-state index in [1.165, 1.54) is 12.1 Å². The van der Waals surface area contributed by atoms with Crippen molar-refractivity contribution < 1.29 is 4.92 Å². The fourth-order valence-corrected chi connectivity index (χ4v) is 0.892. The second kappa shape index (κ2) is 5.31. The van der Waals surface area contributed by atoms with Crippen molar-refractivity contribution in [1.29, 1.82) is 5.41 Å². The van der Waals surface area contributed by atoms with Crippen molar-refractivity contribution in [1.82, 2.24) is 0 Å². The van der Waals surface area contributed by atoms with Gasteiger partial charge in [0.2, 0.25) is 0 Å². The lowest BCUT2D eigenvalue weighted by atomic mass is 10.2. The van der Waals surface area contributed by atoms with Crippen LogP contribution in [0.3, 0.4) is 0 Å². The van der Waals surface area contributed by atoms with E-state index in [1.807, 2.05) is 0 Å². The molecule has 0 aliphatic heterocycles. The number of nitro groups is 1. The molecule has 1 aromatic rings. The first kappa shape index (κ1) is 11.6. The van der Waals surface area contributed by atoms with Crippen LogP contribution in [0.4, 0.5) is 5.69 Å². The summed E-state index contributed by atoms with van der Waals surface area (Å²) in [6.07, 6.45) is 0. The highest BCUT2D eigenvalue weighted by Gasteiger charge is 2.04. The average molecular weight is 198 g/mol. The van der Waals surface area contributed by atoms with Crippen LogP contribution >= 0.6 is 12.6 Å². The topological polar surface area (TPSA) is 67.0 Å². The number of hydrogen-bond acceptors (Lipinski definition) is 4. The molecule has 4 nitrogen and oxygen atoms in total. The highest BCUT2D eigenvalue weighted by Crippen LogP contribution is 2.18. The minimum Gasteiger partial charge on any atom is -0.317 e. The molecule has 1 N–H and O–H groups in total. The van der Waals surface area contributed by atoms with Crippen LogP contribution in [0, 0.1) is 22.4 Å². The van der Waals surface area contributed by atoms with Crippen molar-refractivity contribution in [2.45, 2.75) is 11.8 Å². The first-order valence-electron chi connectivity index (χ1n) is 3.40. The SMILES string of the molecule is C=N.Cc1cc([N+](=O)[O-])ccc1S. The van der Waals surface area contributed by atoms with Crippen molar-refractivity contribution in [3.8, 4) is 0 Å². The third kappa shape index (κ3) is 3.25. The molecule has 0 heterocycles. The molecular weight excluding hydrogens is 188 g/mol. The summed E-state index contributed by atoms with van der Waals surface area (Å²) in [5.41, 5.74) is 0.933. The van der Waals surface area contributed by atoms with Gasteiger partial charge in [-0.2, -0.15) is 0 Å². The monoisotopic (exact) mass is 198 g/mol. The Morgan fingerprint density at radius 3 is 2.46 bits per heavy atom. The fourth-order valence-electron chi connectivity index (χ4n) is 0.753. The Morgan fingerprint density at radius 2 is 2.08 bits per heavy atom. The van der Waals surface area contributed by atoms with Gasteiger partial charge in [0.15, 0.2) is 0 Å². The summed E-state index contributed by atoms with van der Waals surface area (Å²) < 4.78 is 0. The van der Waals surface area contributed by atoms with E-state index in [0.29, 0.717) is 0 Å². The first-order chi connectivity index (χ1) is 6.11. The smallest absolute Gasteiger partial charge is 0.269 e. The van der Waals surface area contributed by atoms with Gasteiger partial charge in [-0.3, -0.25) is 10.1 Å². The van der Waals surface area contributed by atoms with Gasteiger partial charge in [-0.05, 0) is 25.3 Å². The summed E-state index contributed by atoms with van der Waals surface area (Å²) in [6.45, 7) is 4.29. The van der Waals surface area contributed by atoms with Crippen molar-refractivity contribution in [2.24, 2.45) is 0 Å². The average Bonchev–Trinajstić information content (AvgIpc) is 2.13. The standard InChI is InChI=1S/C7H7NO2S.CH3N/c1-5-4-6(8(9)10)2-3-7(5)11;1-2/h2-4,11H,1H3;2H,1H2. The third-order valence-corrected chi connectivity index (χ3v) is 1.89. The highest BCUT2D eigenvalue weighted by molar-refractivity contribution is 7.80. The maximum Gasteiger partial charge on any atom is 0.269 e. The van der Waals surface area contributed by atoms with Crippen LogP contribution in [0.5, 0.6) is 0 Å². The molecule has 0 saturated heterocycles. The van der Waals surface area contributed by atoms with Crippen LogP contribution in [0.15, 0.2) is 23.1 Å². The highest BCUT2D eigenvalue weighted by atomic mass is 32.1. The molecule has 0 saturated carbocycles. The Labute approximate surface area is 81.7 Å². The largest absolute Gasteiger partial charge is 0.317 e. The van der Waals surface area contributed by atoms with Crippen molar-refractivity contribution >= 4 is 25.0 Å². The number of benzene rings is 1. The van der Waals surface area contributed by atoms with E-state index in [2.05, 4.69) is 19.3 Å². The molecule has 0 spiro atoms. The van der Waals surface area contributed by atoms with E-state index in [0.717, 1.165) is 10.5 Å². The van der Waals surface area contributed by atoms with Gasteiger partial charge in [-0.15, -0.1) is 12.6 Å². The molecule has 0 amide bonds. The third-order valence-electron chi connectivity index (χ3n) is 1.39. The number of thiol groups is 1. The molecule has 5 heteroatoms. The molecule has 0 unspecified atom stereocenters. The summed E-state index contributed by atoms with van der Waals surface area (Å²) in [4.78, 5) is 10.6. The van der Waals surface area contributed by atoms with E-state index in [9.17, 15) is 10.1 Å². The molecule has 0 aromatic heterocycles. The minimum atomic E-state index is -0.416. The number of nitrogens with one attached hydrogen (secondary N) is 1. The Hall–Kier alpha value is -1.36. The summed E-state index contributed by atoms with van der Waals surface area (Å²) in [5.74, 6) is 0. The van der Waals surface area contributed by atoms with Gasteiger partial charge in [0.25, 0.3) is 5.69 Å². The van der Waals surface area contributed by atoms with Crippen LogP contribution in [0.2, 0.25) is 0 Å². The normalized spacial score (nSPS) is 8.46. The summed E-state index contributed by atoms with van der Waals surface area (Å²) >= 11 is 4.09. The molecule has 1 aromatic carbocycles. The quantitative estimate of drug-likeness (QED) is 0.315. The Kier molecular flexibility index (Phi) is 4.76.